The Morgan fingerprint density at radius 3 is 2.53 bits per heavy atom. The largest absolute Gasteiger partial charge is 0.501 e. The quantitative estimate of drug-likeness (QED) is 0.170. The van der Waals surface area contributed by atoms with Crippen LogP contribution in [0.3, 0.4) is 0 Å². The van der Waals surface area contributed by atoms with Gasteiger partial charge in [-0.25, -0.2) is 0 Å². The normalized spacial score (nSPS) is 14.1. The molecule has 7 aromatic rings. The van der Waals surface area contributed by atoms with E-state index >= 15 is 0 Å². The molecular weight excluding hydrogens is 707 g/mol. The number of para-hydroxylation sites is 1. The fourth-order valence-corrected chi connectivity index (χ4v) is 6.54. The Labute approximate surface area is 264 Å². The van der Waals surface area contributed by atoms with Gasteiger partial charge in [-0.1, -0.05) is 66.3 Å². The molecule has 0 unspecified atom stereocenters. The maximum atomic E-state index is 5.97. The van der Waals surface area contributed by atoms with Crippen molar-refractivity contribution in [2.24, 2.45) is 0 Å². The predicted molar refractivity (Wildman–Crippen MR) is 170 cm³/mol. The number of furan rings is 1. The third-order valence-electron chi connectivity index (χ3n) is 8.52. The van der Waals surface area contributed by atoms with Crippen LogP contribution in [0.5, 0.6) is 0 Å². The molecule has 0 amide bonds. The van der Waals surface area contributed by atoms with Crippen molar-refractivity contribution in [1.29, 1.82) is 0 Å². The minimum absolute atomic E-state index is 0. The molecule has 213 valence electrons. The van der Waals surface area contributed by atoms with Gasteiger partial charge in [0.15, 0.2) is 0 Å². The minimum atomic E-state index is 0. The van der Waals surface area contributed by atoms with E-state index in [0.717, 1.165) is 62.6 Å². The Morgan fingerprint density at radius 1 is 0.837 bits per heavy atom. The molecule has 1 saturated carbocycles. The number of fused-ring (bicyclic) bond motifs is 3. The molecule has 4 heterocycles. The van der Waals surface area contributed by atoms with Gasteiger partial charge in [0.05, 0.1) is 22.4 Å². The Kier molecular flexibility index (Phi) is 7.52. The summed E-state index contributed by atoms with van der Waals surface area (Å²) in [6.07, 6.45) is 11.7. The molecule has 4 aromatic carbocycles. The fourth-order valence-electron chi connectivity index (χ4n) is 6.54. The number of rotatable bonds is 3. The van der Waals surface area contributed by atoms with E-state index in [2.05, 4.69) is 64.2 Å². The number of imidazole rings is 1. The average Bonchev–Trinajstić information content (AvgIpc) is 3.81. The minimum Gasteiger partial charge on any atom is -0.501 e. The Balaban J connectivity index is 0.000000139. The van der Waals surface area contributed by atoms with Crippen LogP contribution in [0, 0.1) is 12.1 Å². The van der Waals surface area contributed by atoms with Crippen LogP contribution in [0.4, 0.5) is 0 Å². The van der Waals surface area contributed by atoms with Crippen molar-refractivity contribution in [2.75, 3.05) is 0 Å². The summed E-state index contributed by atoms with van der Waals surface area (Å²) in [6.45, 7) is 0.893. The zero-order chi connectivity index (χ0) is 27.9. The Morgan fingerprint density at radius 2 is 1.70 bits per heavy atom. The summed E-state index contributed by atoms with van der Waals surface area (Å²) in [5, 5.41) is 2.23. The number of aromatic nitrogens is 3. The summed E-state index contributed by atoms with van der Waals surface area (Å²) < 4.78 is 8.30. The number of nitrogens with zero attached hydrogens (tertiary/aromatic N) is 3. The molecular formula is C38H29IrN3O-2. The van der Waals surface area contributed by atoms with Crippen molar-refractivity contribution >= 4 is 39.0 Å². The van der Waals surface area contributed by atoms with Gasteiger partial charge in [0.2, 0.25) is 0 Å². The fraction of sp³-hybridized carbons (Fsp3) is 0.158. The van der Waals surface area contributed by atoms with Crippen molar-refractivity contribution < 1.29 is 24.5 Å². The molecule has 1 aliphatic carbocycles. The summed E-state index contributed by atoms with van der Waals surface area (Å²) >= 11 is 0. The number of pyridine rings is 1. The van der Waals surface area contributed by atoms with Gasteiger partial charge in [0.25, 0.3) is 0 Å². The summed E-state index contributed by atoms with van der Waals surface area (Å²) in [5.74, 6) is 1.76. The summed E-state index contributed by atoms with van der Waals surface area (Å²) in [5.41, 5.74) is 9.84. The van der Waals surface area contributed by atoms with E-state index in [-0.39, 0.29) is 20.1 Å². The van der Waals surface area contributed by atoms with Gasteiger partial charge in [0.1, 0.15) is 5.58 Å². The van der Waals surface area contributed by atoms with Gasteiger partial charge in [-0.3, -0.25) is 4.98 Å². The number of hydrogen-bond donors (Lipinski definition) is 0. The molecule has 0 N–H and O–H groups in total. The van der Waals surface area contributed by atoms with E-state index in [1.54, 1.807) is 6.20 Å². The maximum absolute atomic E-state index is 5.97. The summed E-state index contributed by atoms with van der Waals surface area (Å²) in [4.78, 5) is 9.36. The second-order valence-electron chi connectivity index (χ2n) is 11.1. The summed E-state index contributed by atoms with van der Waals surface area (Å²) in [6, 6.07) is 37.3. The summed E-state index contributed by atoms with van der Waals surface area (Å²) in [7, 11) is 0. The second kappa shape index (κ2) is 11.8. The van der Waals surface area contributed by atoms with E-state index in [4.69, 9.17) is 9.40 Å². The molecule has 0 saturated heterocycles. The first kappa shape index (κ1) is 27.5. The maximum Gasteiger partial charge on any atom is 0.120 e. The van der Waals surface area contributed by atoms with Gasteiger partial charge in [-0.05, 0) is 59.8 Å². The van der Waals surface area contributed by atoms with Crippen LogP contribution in [-0.2, 0) is 26.7 Å². The van der Waals surface area contributed by atoms with Crippen LogP contribution in [0.25, 0.3) is 61.7 Å². The molecule has 4 nitrogen and oxygen atoms in total. The van der Waals surface area contributed by atoms with Gasteiger partial charge >= 0.3 is 0 Å². The molecule has 2 aliphatic rings. The molecule has 1 fully saturated rings. The van der Waals surface area contributed by atoms with Crippen LogP contribution in [0.1, 0.15) is 42.7 Å². The van der Waals surface area contributed by atoms with Crippen LogP contribution in [0.15, 0.2) is 108 Å². The first-order valence-electron chi connectivity index (χ1n) is 14.7. The van der Waals surface area contributed by atoms with Gasteiger partial charge < -0.3 is 14.0 Å². The van der Waals surface area contributed by atoms with E-state index in [9.17, 15) is 0 Å². The standard InChI is InChI=1S/C21H19N2.C17H10NO.Ir/c1-2-9-16(10-3-1)21-22-19-14-18(15-7-4-5-8-15)13-17-11-6-12-23(21)20(17)19;1-2-10-16-12(6-1)13-7-5-8-14(17(13)19-16)15-9-3-4-11-18-15;/h1-3,6,9,11,13-15H,4-5,7-8,12H2;1-7,9-11H;/q2*-1;. The Hall–Kier alpha value is -4.31. The van der Waals surface area contributed by atoms with Crippen molar-refractivity contribution in [3.8, 4) is 22.6 Å². The van der Waals surface area contributed by atoms with E-state index < -0.39 is 0 Å². The van der Waals surface area contributed by atoms with Crippen molar-refractivity contribution in [3.05, 3.63) is 127 Å². The number of allylic oxidation sites excluding steroid dienone is 1. The third kappa shape index (κ3) is 5.03. The molecule has 0 bridgehead atoms. The van der Waals surface area contributed by atoms with Gasteiger partial charge in [-0.2, -0.15) is 0 Å². The average molecular weight is 736 g/mol. The molecule has 1 radical (unpaired) electrons. The second-order valence-corrected chi connectivity index (χ2v) is 11.1. The van der Waals surface area contributed by atoms with Crippen LogP contribution in [-0.4, -0.2) is 14.5 Å². The van der Waals surface area contributed by atoms with Gasteiger partial charge in [-0.15, -0.1) is 54.1 Å². The van der Waals surface area contributed by atoms with Crippen LogP contribution >= 0.6 is 0 Å². The van der Waals surface area contributed by atoms with Crippen molar-refractivity contribution in [1.82, 2.24) is 14.5 Å². The number of hydrogen-bond acceptors (Lipinski definition) is 3. The van der Waals surface area contributed by atoms with Crippen molar-refractivity contribution in [2.45, 2.75) is 38.1 Å². The number of benzene rings is 4. The molecule has 43 heavy (non-hydrogen) atoms. The topological polar surface area (TPSA) is 43.9 Å². The third-order valence-corrected chi connectivity index (χ3v) is 8.52. The molecule has 5 heteroatoms. The Bertz CT molecular complexity index is 2070. The first-order chi connectivity index (χ1) is 20.8. The van der Waals surface area contributed by atoms with E-state index in [0.29, 0.717) is 0 Å². The zero-order valence-corrected chi connectivity index (χ0v) is 26.0. The molecule has 0 spiro atoms. The molecule has 3 aromatic heterocycles. The van der Waals surface area contributed by atoms with Gasteiger partial charge in [0, 0.05) is 38.2 Å². The zero-order valence-electron chi connectivity index (χ0n) is 23.6. The first-order valence-corrected chi connectivity index (χ1v) is 14.7. The van der Waals surface area contributed by atoms with E-state index in [1.807, 2.05) is 60.7 Å². The van der Waals surface area contributed by atoms with Crippen LogP contribution in [0.2, 0.25) is 0 Å². The molecule has 1 aliphatic heterocycles. The van der Waals surface area contributed by atoms with Crippen molar-refractivity contribution in [3.63, 3.8) is 0 Å². The smallest absolute Gasteiger partial charge is 0.120 e. The molecule has 9 rings (SSSR count). The SMILES string of the molecule is [Ir].[c-]1ccc2c(oc3ccccc32)c1-c1ccccn1.[c-]1ccccc1-c1nc2cc(C3CCCC3)cc3c2n1CC=C3. The monoisotopic (exact) mass is 736 g/mol. The van der Waals surface area contributed by atoms with Crippen LogP contribution < -0.4 is 0 Å². The molecule has 0 atom stereocenters. The predicted octanol–water partition coefficient (Wildman–Crippen LogP) is 9.63. The van der Waals surface area contributed by atoms with E-state index in [1.165, 1.54) is 42.3 Å².